The molecule has 1 saturated carbocycles. The average Bonchev–Trinajstić information content (AvgIpc) is 3.60. The summed E-state index contributed by atoms with van der Waals surface area (Å²) in [6.45, 7) is 5.61. The molecule has 1 aromatic carbocycles. The van der Waals surface area contributed by atoms with Crippen LogP contribution in [0.15, 0.2) is 34.1 Å². The predicted molar refractivity (Wildman–Crippen MR) is 130 cm³/mol. The second-order valence-corrected chi connectivity index (χ2v) is 9.56. The van der Waals surface area contributed by atoms with Crippen LogP contribution in [0.4, 0.5) is 5.95 Å². The molecule has 2 aliphatic heterocycles. The molecule has 3 aliphatic rings. The van der Waals surface area contributed by atoms with Crippen LogP contribution in [0.5, 0.6) is 0 Å². The molecular formula is C25H31N7O. The number of benzene rings is 1. The highest BCUT2D eigenvalue weighted by Gasteiger charge is 2.33. The zero-order valence-corrected chi connectivity index (χ0v) is 19.2. The number of rotatable bonds is 5. The zero-order chi connectivity index (χ0) is 22.5. The van der Waals surface area contributed by atoms with Crippen LogP contribution in [-0.2, 0) is 19.5 Å². The lowest BCUT2D eigenvalue weighted by atomic mass is 9.98. The minimum Gasteiger partial charge on any atom is -0.341 e. The molecule has 1 unspecified atom stereocenters. The molecule has 1 aliphatic carbocycles. The average molecular weight is 446 g/mol. The molecule has 4 heterocycles. The van der Waals surface area contributed by atoms with Crippen LogP contribution in [0.25, 0.3) is 11.0 Å². The second-order valence-electron chi connectivity index (χ2n) is 9.56. The van der Waals surface area contributed by atoms with Gasteiger partial charge in [0.2, 0.25) is 5.95 Å². The van der Waals surface area contributed by atoms with E-state index in [0.717, 1.165) is 80.2 Å². The van der Waals surface area contributed by atoms with E-state index in [9.17, 15) is 4.79 Å². The molecule has 2 N–H and O–H groups in total. The van der Waals surface area contributed by atoms with Crippen LogP contribution in [0.2, 0.25) is 0 Å². The SMILES string of the molecule is CCn1c(N2CCCC(N)C2)nc2c(C3CC3)nn(CC3=NCCc4ccccc43)c(=O)c21. The normalized spacial score (nSPS) is 20.7. The summed E-state index contributed by atoms with van der Waals surface area (Å²) in [5.41, 5.74) is 12.0. The fourth-order valence-corrected chi connectivity index (χ4v) is 5.35. The van der Waals surface area contributed by atoms with E-state index < -0.39 is 0 Å². The molecule has 1 atom stereocenters. The monoisotopic (exact) mass is 445 g/mol. The summed E-state index contributed by atoms with van der Waals surface area (Å²) in [5.74, 6) is 1.25. The fourth-order valence-electron chi connectivity index (χ4n) is 5.35. The lowest BCUT2D eigenvalue weighted by Crippen LogP contribution is -2.44. The highest BCUT2D eigenvalue weighted by molar-refractivity contribution is 6.02. The first-order valence-electron chi connectivity index (χ1n) is 12.3. The van der Waals surface area contributed by atoms with Gasteiger partial charge in [0, 0.05) is 43.7 Å². The first-order chi connectivity index (χ1) is 16.1. The summed E-state index contributed by atoms with van der Waals surface area (Å²) in [7, 11) is 0. The first-order valence-corrected chi connectivity index (χ1v) is 12.3. The molecule has 2 fully saturated rings. The topological polar surface area (TPSA) is 94.3 Å². The van der Waals surface area contributed by atoms with E-state index in [1.54, 1.807) is 4.68 Å². The zero-order valence-electron chi connectivity index (χ0n) is 19.2. The number of hydrogen-bond donors (Lipinski definition) is 1. The Labute approximate surface area is 193 Å². The maximum atomic E-state index is 13.8. The molecular weight excluding hydrogens is 414 g/mol. The number of aliphatic imine (C=N–C) groups is 1. The standard InChI is InChI=1S/C25H31N7O/c1-2-31-23-22(28-25(31)30-13-5-7-18(26)14-30)21(17-9-10-17)29-32(24(23)33)15-20-19-8-4-3-6-16(19)11-12-27-20/h3-4,6,8,17-18H,2,5,7,9-15,26H2,1H3. The number of anilines is 1. The highest BCUT2D eigenvalue weighted by atomic mass is 16.1. The molecule has 172 valence electrons. The van der Waals surface area contributed by atoms with Gasteiger partial charge in [0.15, 0.2) is 0 Å². The number of aryl methyl sites for hydroxylation is 1. The smallest absolute Gasteiger partial charge is 0.293 e. The molecule has 1 saturated heterocycles. The summed E-state index contributed by atoms with van der Waals surface area (Å²) in [6, 6.07) is 8.51. The molecule has 8 nitrogen and oxygen atoms in total. The molecule has 0 amide bonds. The summed E-state index contributed by atoms with van der Waals surface area (Å²) >= 11 is 0. The Bertz CT molecular complexity index is 1300. The maximum Gasteiger partial charge on any atom is 0.293 e. The van der Waals surface area contributed by atoms with Crippen LogP contribution >= 0.6 is 0 Å². The molecule has 0 radical (unpaired) electrons. The minimum atomic E-state index is -0.0814. The van der Waals surface area contributed by atoms with Gasteiger partial charge in [0.1, 0.15) is 11.0 Å². The summed E-state index contributed by atoms with van der Waals surface area (Å²) in [6.07, 6.45) is 5.23. The van der Waals surface area contributed by atoms with Crippen molar-refractivity contribution in [3.8, 4) is 0 Å². The molecule has 2 aromatic heterocycles. The van der Waals surface area contributed by atoms with Gasteiger partial charge in [-0.2, -0.15) is 5.10 Å². The fraction of sp³-hybridized carbons (Fsp3) is 0.520. The van der Waals surface area contributed by atoms with E-state index in [0.29, 0.717) is 24.5 Å². The van der Waals surface area contributed by atoms with Crippen molar-refractivity contribution >= 4 is 22.7 Å². The highest BCUT2D eigenvalue weighted by Crippen LogP contribution is 2.41. The lowest BCUT2D eigenvalue weighted by Gasteiger charge is -2.31. The maximum absolute atomic E-state index is 13.8. The van der Waals surface area contributed by atoms with Gasteiger partial charge < -0.3 is 15.2 Å². The van der Waals surface area contributed by atoms with E-state index in [4.69, 9.17) is 20.8 Å². The van der Waals surface area contributed by atoms with Gasteiger partial charge in [0.25, 0.3) is 5.56 Å². The molecule has 0 bridgehead atoms. The Morgan fingerprint density at radius 1 is 1.18 bits per heavy atom. The Kier molecular flexibility index (Phi) is 5.05. The van der Waals surface area contributed by atoms with Crippen LogP contribution < -0.4 is 16.2 Å². The second kappa shape index (κ2) is 8.09. The molecule has 8 heteroatoms. The number of imidazole rings is 1. The minimum absolute atomic E-state index is 0.0814. The van der Waals surface area contributed by atoms with Crippen LogP contribution in [0.1, 0.15) is 55.3 Å². The van der Waals surface area contributed by atoms with Crippen molar-refractivity contribution in [3.63, 3.8) is 0 Å². The van der Waals surface area contributed by atoms with Gasteiger partial charge >= 0.3 is 0 Å². The number of nitrogens with two attached hydrogens (primary N) is 1. The first kappa shape index (κ1) is 20.6. The Morgan fingerprint density at radius 3 is 2.82 bits per heavy atom. The molecule has 3 aromatic rings. The van der Waals surface area contributed by atoms with Crippen LogP contribution in [0.3, 0.4) is 0 Å². The Hall–Kier alpha value is -3.00. The van der Waals surface area contributed by atoms with E-state index in [2.05, 4.69) is 34.6 Å². The van der Waals surface area contributed by atoms with Crippen LogP contribution in [-0.4, -0.2) is 50.7 Å². The summed E-state index contributed by atoms with van der Waals surface area (Å²) in [5, 5.41) is 4.88. The van der Waals surface area contributed by atoms with Crippen molar-refractivity contribution < 1.29 is 0 Å². The number of piperidine rings is 1. The van der Waals surface area contributed by atoms with Crippen molar-refractivity contribution in [2.24, 2.45) is 10.7 Å². The van der Waals surface area contributed by atoms with E-state index >= 15 is 0 Å². The van der Waals surface area contributed by atoms with Gasteiger partial charge in [0.05, 0.1) is 18.0 Å². The largest absolute Gasteiger partial charge is 0.341 e. The van der Waals surface area contributed by atoms with Crippen LogP contribution in [0, 0.1) is 0 Å². The van der Waals surface area contributed by atoms with E-state index in [1.807, 2.05) is 6.07 Å². The Morgan fingerprint density at radius 2 is 2.03 bits per heavy atom. The lowest BCUT2D eigenvalue weighted by molar-refractivity contribution is 0.494. The van der Waals surface area contributed by atoms with Crippen molar-refractivity contribution in [2.45, 2.75) is 64.1 Å². The third-order valence-electron chi connectivity index (χ3n) is 7.19. The molecule has 0 spiro atoms. The van der Waals surface area contributed by atoms with Crippen molar-refractivity contribution in [1.82, 2.24) is 19.3 Å². The third-order valence-corrected chi connectivity index (χ3v) is 7.19. The predicted octanol–water partition coefficient (Wildman–Crippen LogP) is 2.46. The quantitative estimate of drug-likeness (QED) is 0.651. The molecule has 33 heavy (non-hydrogen) atoms. The number of aromatic nitrogens is 4. The molecule has 6 rings (SSSR count). The third kappa shape index (κ3) is 3.57. The summed E-state index contributed by atoms with van der Waals surface area (Å²) in [4.78, 5) is 25.8. The Balaban J connectivity index is 1.48. The van der Waals surface area contributed by atoms with Gasteiger partial charge in [-0.25, -0.2) is 9.67 Å². The van der Waals surface area contributed by atoms with Crippen molar-refractivity contribution in [3.05, 3.63) is 51.4 Å². The van der Waals surface area contributed by atoms with Gasteiger partial charge in [-0.15, -0.1) is 0 Å². The number of nitrogens with zero attached hydrogens (tertiary/aromatic N) is 6. The van der Waals surface area contributed by atoms with Crippen molar-refractivity contribution in [2.75, 3.05) is 24.5 Å². The van der Waals surface area contributed by atoms with E-state index in [-0.39, 0.29) is 11.6 Å². The van der Waals surface area contributed by atoms with Gasteiger partial charge in [-0.1, -0.05) is 24.3 Å². The number of hydrogen-bond acceptors (Lipinski definition) is 6. The van der Waals surface area contributed by atoms with E-state index in [1.165, 1.54) is 5.56 Å². The summed E-state index contributed by atoms with van der Waals surface area (Å²) < 4.78 is 3.72. The van der Waals surface area contributed by atoms with Gasteiger partial charge in [-0.3, -0.25) is 9.79 Å². The van der Waals surface area contributed by atoms with Crippen molar-refractivity contribution in [1.29, 1.82) is 0 Å². The van der Waals surface area contributed by atoms with Gasteiger partial charge in [-0.05, 0) is 44.6 Å². The number of fused-ring (bicyclic) bond motifs is 2.